The molecule has 0 fully saturated rings. The lowest BCUT2D eigenvalue weighted by atomic mass is 10.2. The van der Waals surface area contributed by atoms with Crippen molar-refractivity contribution in [1.29, 1.82) is 0 Å². The summed E-state index contributed by atoms with van der Waals surface area (Å²) < 4.78 is 0. The van der Waals surface area contributed by atoms with Gasteiger partial charge in [0.1, 0.15) is 6.61 Å². The lowest BCUT2D eigenvalue weighted by Crippen LogP contribution is -2.29. The highest BCUT2D eigenvalue weighted by molar-refractivity contribution is 7.98. The molecule has 0 aromatic carbocycles. The SMILES string of the molecule is CSCC(C)C(=O)NCc1cc(C#CCO)cs1. The van der Waals surface area contributed by atoms with Crippen LogP contribution in [0.4, 0.5) is 0 Å². The predicted molar refractivity (Wildman–Crippen MR) is 77.7 cm³/mol. The summed E-state index contributed by atoms with van der Waals surface area (Å²) >= 11 is 3.24. The van der Waals surface area contributed by atoms with E-state index in [1.807, 2.05) is 24.6 Å². The molecule has 0 aliphatic rings. The fourth-order valence-electron chi connectivity index (χ4n) is 1.35. The minimum Gasteiger partial charge on any atom is -0.384 e. The van der Waals surface area contributed by atoms with Gasteiger partial charge in [-0.15, -0.1) is 11.3 Å². The molecule has 0 saturated heterocycles. The van der Waals surface area contributed by atoms with Crippen molar-refractivity contribution in [1.82, 2.24) is 5.32 Å². The van der Waals surface area contributed by atoms with Crippen LogP contribution in [-0.4, -0.2) is 29.6 Å². The normalized spacial score (nSPS) is 11.5. The summed E-state index contributed by atoms with van der Waals surface area (Å²) in [5.41, 5.74) is 0.885. The number of aliphatic hydroxyl groups excluding tert-OH is 1. The molecule has 3 nitrogen and oxygen atoms in total. The summed E-state index contributed by atoms with van der Waals surface area (Å²) in [4.78, 5) is 12.8. The van der Waals surface area contributed by atoms with Crippen molar-refractivity contribution in [3.8, 4) is 11.8 Å². The van der Waals surface area contributed by atoms with Gasteiger partial charge in [-0.1, -0.05) is 18.8 Å². The Balaban J connectivity index is 2.44. The molecule has 18 heavy (non-hydrogen) atoms. The summed E-state index contributed by atoms with van der Waals surface area (Å²) in [5, 5.41) is 13.4. The number of rotatable bonds is 5. The van der Waals surface area contributed by atoms with Gasteiger partial charge in [-0.2, -0.15) is 11.8 Å². The van der Waals surface area contributed by atoms with Crippen molar-refractivity contribution < 1.29 is 9.90 Å². The highest BCUT2D eigenvalue weighted by atomic mass is 32.2. The Bertz CT molecular complexity index is 445. The van der Waals surface area contributed by atoms with Crippen molar-refractivity contribution in [2.45, 2.75) is 13.5 Å². The highest BCUT2D eigenvalue weighted by Gasteiger charge is 2.11. The zero-order chi connectivity index (χ0) is 13.4. The Labute approximate surface area is 116 Å². The number of amides is 1. The van der Waals surface area contributed by atoms with E-state index in [1.165, 1.54) is 0 Å². The maximum atomic E-state index is 11.7. The zero-order valence-corrected chi connectivity index (χ0v) is 12.2. The van der Waals surface area contributed by atoms with Gasteiger partial charge < -0.3 is 10.4 Å². The molecule has 1 atom stereocenters. The summed E-state index contributed by atoms with van der Waals surface area (Å²) in [6.45, 7) is 2.34. The highest BCUT2D eigenvalue weighted by Crippen LogP contribution is 2.14. The van der Waals surface area contributed by atoms with E-state index in [9.17, 15) is 4.79 Å². The molecule has 0 saturated carbocycles. The molecule has 0 aliphatic heterocycles. The third kappa shape index (κ3) is 5.13. The molecular formula is C13H17NO2S2. The van der Waals surface area contributed by atoms with Gasteiger partial charge >= 0.3 is 0 Å². The molecule has 1 heterocycles. The van der Waals surface area contributed by atoms with Crippen LogP contribution in [-0.2, 0) is 11.3 Å². The number of thioether (sulfide) groups is 1. The third-order valence-corrected chi connectivity index (χ3v) is 4.04. The van der Waals surface area contributed by atoms with Crippen LogP contribution in [0.15, 0.2) is 11.4 Å². The van der Waals surface area contributed by atoms with E-state index in [0.717, 1.165) is 16.2 Å². The fourth-order valence-corrected chi connectivity index (χ4v) is 2.76. The standard InChI is InChI=1S/C13H17NO2S2/c1-10(8-17-2)13(16)14-7-12-6-11(9-18-12)4-3-5-15/h6,9-10,15H,5,7-8H2,1-2H3,(H,14,16). The molecular weight excluding hydrogens is 266 g/mol. The van der Waals surface area contributed by atoms with E-state index < -0.39 is 0 Å². The van der Waals surface area contributed by atoms with Crippen LogP contribution in [0.3, 0.4) is 0 Å². The van der Waals surface area contributed by atoms with E-state index >= 15 is 0 Å². The first kappa shape index (κ1) is 15.1. The molecule has 1 rings (SSSR count). The van der Waals surface area contributed by atoms with Crippen molar-refractivity contribution >= 4 is 29.0 Å². The molecule has 1 amide bonds. The molecule has 5 heteroatoms. The number of aliphatic hydroxyl groups is 1. The van der Waals surface area contributed by atoms with Crippen molar-refractivity contribution in [3.05, 3.63) is 21.9 Å². The number of thiophene rings is 1. The first-order valence-electron chi connectivity index (χ1n) is 5.61. The van der Waals surface area contributed by atoms with E-state index in [4.69, 9.17) is 5.11 Å². The zero-order valence-electron chi connectivity index (χ0n) is 10.5. The molecule has 1 unspecified atom stereocenters. The molecule has 98 valence electrons. The van der Waals surface area contributed by atoms with Gasteiger partial charge in [-0.3, -0.25) is 4.79 Å². The van der Waals surface area contributed by atoms with Gasteiger partial charge in [0.25, 0.3) is 0 Å². The van der Waals surface area contributed by atoms with Gasteiger partial charge in [0, 0.05) is 27.5 Å². The van der Waals surface area contributed by atoms with Gasteiger partial charge in [0.2, 0.25) is 5.91 Å². The lowest BCUT2D eigenvalue weighted by molar-refractivity contribution is -0.123. The Morgan fingerprint density at radius 2 is 2.44 bits per heavy atom. The summed E-state index contributed by atoms with van der Waals surface area (Å²) in [6, 6.07) is 1.94. The van der Waals surface area contributed by atoms with Crippen molar-refractivity contribution in [2.24, 2.45) is 5.92 Å². The first-order chi connectivity index (χ1) is 8.67. The Morgan fingerprint density at radius 3 is 3.11 bits per heavy atom. The maximum Gasteiger partial charge on any atom is 0.223 e. The third-order valence-electron chi connectivity index (χ3n) is 2.27. The van der Waals surface area contributed by atoms with E-state index in [2.05, 4.69) is 17.2 Å². The van der Waals surface area contributed by atoms with Crippen LogP contribution < -0.4 is 5.32 Å². The topological polar surface area (TPSA) is 49.3 Å². The summed E-state index contributed by atoms with van der Waals surface area (Å²) in [6.07, 6.45) is 2.00. The number of carbonyl (C=O) groups excluding carboxylic acids is 1. The molecule has 0 aliphatic carbocycles. The number of hydrogen-bond acceptors (Lipinski definition) is 4. The summed E-state index contributed by atoms with van der Waals surface area (Å²) in [7, 11) is 0. The predicted octanol–water partition coefficient (Wildman–Crippen LogP) is 1.71. The van der Waals surface area contributed by atoms with Crippen molar-refractivity contribution in [3.63, 3.8) is 0 Å². The Hall–Kier alpha value is -0.960. The average Bonchev–Trinajstić information content (AvgIpc) is 2.81. The molecule has 2 N–H and O–H groups in total. The number of carbonyl (C=O) groups is 1. The Kier molecular flexibility index (Phi) is 6.88. The maximum absolute atomic E-state index is 11.7. The number of hydrogen-bond donors (Lipinski definition) is 2. The molecule has 0 bridgehead atoms. The molecule has 0 spiro atoms. The molecule has 0 radical (unpaired) electrons. The minimum absolute atomic E-state index is 0.0358. The quantitative estimate of drug-likeness (QED) is 0.809. The first-order valence-corrected chi connectivity index (χ1v) is 7.88. The number of nitrogens with one attached hydrogen (secondary N) is 1. The van der Waals surface area contributed by atoms with E-state index in [0.29, 0.717) is 6.54 Å². The van der Waals surface area contributed by atoms with E-state index in [1.54, 1.807) is 23.1 Å². The van der Waals surface area contributed by atoms with Crippen LogP contribution in [0.25, 0.3) is 0 Å². The largest absolute Gasteiger partial charge is 0.384 e. The van der Waals surface area contributed by atoms with Crippen LogP contribution in [0.2, 0.25) is 0 Å². The monoisotopic (exact) mass is 283 g/mol. The lowest BCUT2D eigenvalue weighted by Gasteiger charge is -2.09. The van der Waals surface area contributed by atoms with Crippen LogP contribution in [0, 0.1) is 17.8 Å². The van der Waals surface area contributed by atoms with Gasteiger partial charge in [-0.25, -0.2) is 0 Å². The smallest absolute Gasteiger partial charge is 0.223 e. The Morgan fingerprint density at radius 1 is 1.67 bits per heavy atom. The molecule has 1 aromatic rings. The average molecular weight is 283 g/mol. The summed E-state index contributed by atoms with van der Waals surface area (Å²) in [5.74, 6) is 6.40. The van der Waals surface area contributed by atoms with Gasteiger partial charge in [-0.05, 0) is 12.3 Å². The second-order valence-corrected chi connectivity index (χ2v) is 5.74. The van der Waals surface area contributed by atoms with Crippen LogP contribution in [0.1, 0.15) is 17.4 Å². The second kappa shape index (κ2) is 8.20. The van der Waals surface area contributed by atoms with Gasteiger partial charge in [0.15, 0.2) is 0 Å². The van der Waals surface area contributed by atoms with E-state index in [-0.39, 0.29) is 18.4 Å². The molecule has 1 aromatic heterocycles. The van der Waals surface area contributed by atoms with Crippen LogP contribution >= 0.6 is 23.1 Å². The van der Waals surface area contributed by atoms with Gasteiger partial charge in [0.05, 0.1) is 6.54 Å². The minimum atomic E-state index is -0.131. The fraction of sp³-hybridized carbons (Fsp3) is 0.462. The second-order valence-electron chi connectivity index (χ2n) is 3.84. The van der Waals surface area contributed by atoms with Crippen LogP contribution in [0.5, 0.6) is 0 Å². The van der Waals surface area contributed by atoms with Crippen molar-refractivity contribution in [2.75, 3.05) is 18.6 Å².